The molecule has 1 aromatic carbocycles. The van der Waals surface area contributed by atoms with Gasteiger partial charge in [0.25, 0.3) is 5.91 Å². The number of hydrogen-bond acceptors (Lipinski definition) is 3. The average molecular weight is 342 g/mol. The number of carbonyl (C=O) groups is 1. The highest BCUT2D eigenvalue weighted by Crippen LogP contribution is 2.24. The lowest BCUT2D eigenvalue weighted by atomic mass is 10.1. The molecule has 0 spiro atoms. The smallest absolute Gasteiger partial charge is 0.255 e. The predicted octanol–water partition coefficient (Wildman–Crippen LogP) is 3.20. The normalized spacial score (nSPS) is 18.0. The van der Waals surface area contributed by atoms with E-state index in [0.717, 1.165) is 11.2 Å². The minimum absolute atomic E-state index is 0.00728. The molecule has 1 fully saturated rings. The van der Waals surface area contributed by atoms with E-state index in [2.05, 4.69) is 4.98 Å². The Labute approximate surface area is 144 Å². The van der Waals surface area contributed by atoms with Crippen LogP contribution in [0.3, 0.4) is 0 Å². The maximum absolute atomic E-state index is 12.8. The molecule has 0 saturated carbocycles. The number of rotatable bonds is 2. The number of pyridine rings is 1. The van der Waals surface area contributed by atoms with E-state index in [-0.39, 0.29) is 12.0 Å². The number of imidazole rings is 1. The van der Waals surface area contributed by atoms with Gasteiger partial charge >= 0.3 is 0 Å². The van der Waals surface area contributed by atoms with Crippen LogP contribution in [0.1, 0.15) is 22.0 Å². The zero-order valence-corrected chi connectivity index (χ0v) is 13.7. The van der Waals surface area contributed by atoms with Gasteiger partial charge in [0.15, 0.2) is 0 Å². The summed E-state index contributed by atoms with van der Waals surface area (Å²) in [7, 11) is 0. The summed E-state index contributed by atoms with van der Waals surface area (Å²) in [5, 5.41) is 0.691. The lowest BCUT2D eigenvalue weighted by molar-refractivity contribution is -0.0228. The number of carbonyl (C=O) groups excluding carboxylic acids is 1. The average Bonchev–Trinajstić information content (AvgIpc) is 3.09. The first-order valence-electron chi connectivity index (χ1n) is 7.80. The topological polar surface area (TPSA) is 46.8 Å². The number of ether oxygens (including phenoxy) is 1. The van der Waals surface area contributed by atoms with Gasteiger partial charge in [-0.3, -0.25) is 4.79 Å². The van der Waals surface area contributed by atoms with Crippen molar-refractivity contribution in [2.45, 2.75) is 6.10 Å². The molecule has 1 saturated heterocycles. The summed E-state index contributed by atoms with van der Waals surface area (Å²) < 4.78 is 7.68. The largest absolute Gasteiger partial charge is 0.370 e. The molecular weight excluding hydrogens is 326 g/mol. The lowest BCUT2D eigenvalue weighted by Gasteiger charge is -2.33. The molecule has 4 rings (SSSR count). The van der Waals surface area contributed by atoms with Crippen molar-refractivity contribution in [1.29, 1.82) is 0 Å². The molecule has 0 aliphatic carbocycles. The van der Waals surface area contributed by atoms with Crippen molar-refractivity contribution in [1.82, 2.24) is 14.3 Å². The van der Waals surface area contributed by atoms with Gasteiger partial charge in [-0.25, -0.2) is 4.98 Å². The molecular formula is C18H16ClN3O2. The number of nitrogens with zero attached hydrogens (tertiary/aromatic N) is 3. The molecule has 0 N–H and O–H groups in total. The molecule has 0 bridgehead atoms. The highest BCUT2D eigenvalue weighted by molar-refractivity contribution is 6.30. The van der Waals surface area contributed by atoms with Crippen LogP contribution in [0.4, 0.5) is 0 Å². The van der Waals surface area contributed by atoms with Gasteiger partial charge in [0, 0.05) is 30.2 Å². The predicted molar refractivity (Wildman–Crippen MR) is 91.2 cm³/mol. The van der Waals surface area contributed by atoms with Crippen LogP contribution in [0.2, 0.25) is 5.02 Å². The van der Waals surface area contributed by atoms with Crippen molar-refractivity contribution in [3.63, 3.8) is 0 Å². The van der Waals surface area contributed by atoms with Crippen molar-refractivity contribution in [2.75, 3.05) is 19.7 Å². The van der Waals surface area contributed by atoms with Crippen molar-refractivity contribution in [2.24, 2.45) is 0 Å². The standard InChI is InChI=1S/C18H16ClN3O2/c19-15-4-1-13(2-5-15)16-12-22(9-10-24-16)18(23)14-3-6-17-20-7-8-21(17)11-14/h1-8,11,16H,9-10,12H2/t16-/m0/s1. The third-order valence-electron chi connectivity index (χ3n) is 4.23. The summed E-state index contributed by atoms with van der Waals surface area (Å²) in [6.07, 6.45) is 5.24. The second-order valence-electron chi connectivity index (χ2n) is 5.77. The van der Waals surface area contributed by atoms with Crippen LogP contribution in [-0.2, 0) is 4.74 Å². The van der Waals surface area contributed by atoms with Crippen LogP contribution in [0.15, 0.2) is 55.0 Å². The van der Waals surface area contributed by atoms with Gasteiger partial charge in [-0.1, -0.05) is 23.7 Å². The molecule has 0 unspecified atom stereocenters. The number of amides is 1. The summed E-state index contributed by atoms with van der Waals surface area (Å²) in [5.41, 5.74) is 2.51. The first-order valence-corrected chi connectivity index (χ1v) is 8.17. The van der Waals surface area contributed by atoms with E-state index in [1.165, 1.54) is 0 Å². The lowest BCUT2D eigenvalue weighted by Crippen LogP contribution is -2.42. The second-order valence-corrected chi connectivity index (χ2v) is 6.21. The van der Waals surface area contributed by atoms with Gasteiger partial charge in [-0.2, -0.15) is 0 Å². The Bertz CT molecular complexity index is 875. The Morgan fingerprint density at radius 2 is 2.04 bits per heavy atom. The highest BCUT2D eigenvalue weighted by atomic mass is 35.5. The van der Waals surface area contributed by atoms with Gasteiger partial charge in [0.1, 0.15) is 11.8 Å². The number of halogens is 1. The molecule has 1 atom stereocenters. The van der Waals surface area contributed by atoms with E-state index in [9.17, 15) is 4.79 Å². The molecule has 1 amide bonds. The van der Waals surface area contributed by atoms with Crippen LogP contribution in [0.5, 0.6) is 0 Å². The summed E-state index contributed by atoms with van der Waals surface area (Å²) >= 11 is 5.94. The van der Waals surface area contributed by atoms with Crippen LogP contribution < -0.4 is 0 Å². The molecule has 3 heterocycles. The number of benzene rings is 1. The molecule has 1 aliphatic heterocycles. The van der Waals surface area contributed by atoms with E-state index in [1.807, 2.05) is 58.1 Å². The fourth-order valence-corrected chi connectivity index (χ4v) is 3.07. The Balaban J connectivity index is 1.54. The Kier molecular flexibility index (Phi) is 3.96. The molecule has 5 nitrogen and oxygen atoms in total. The third-order valence-corrected chi connectivity index (χ3v) is 4.48. The number of morpholine rings is 1. The van der Waals surface area contributed by atoms with E-state index in [4.69, 9.17) is 16.3 Å². The number of hydrogen-bond donors (Lipinski definition) is 0. The van der Waals surface area contributed by atoms with E-state index < -0.39 is 0 Å². The Hall–Kier alpha value is -2.37. The van der Waals surface area contributed by atoms with Crippen LogP contribution in [0.25, 0.3) is 5.65 Å². The fraction of sp³-hybridized carbons (Fsp3) is 0.222. The summed E-state index contributed by atoms with van der Waals surface area (Å²) in [5.74, 6) is 0.00728. The summed E-state index contributed by atoms with van der Waals surface area (Å²) in [6, 6.07) is 11.2. The van der Waals surface area contributed by atoms with Gasteiger partial charge in [-0.05, 0) is 29.8 Å². The van der Waals surface area contributed by atoms with E-state index in [1.54, 1.807) is 6.20 Å². The summed E-state index contributed by atoms with van der Waals surface area (Å²) in [4.78, 5) is 18.8. The first-order chi connectivity index (χ1) is 11.7. The zero-order chi connectivity index (χ0) is 16.5. The quantitative estimate of drug-likeness (QED) is 0.719. The Morgan fingerprint density at radius 1 is 1.21 bits per heavy atom. The van der Waals surface area contributed by atoms with Crippen molar-refractivity contribution in [3.8, 4) is 0 Å². The van der Waals surface area contributed by atoms with Crippen molar-refractivity contribution < 1.29 is 9.53 Å². The van der Waals surface area contributed by atoms with Crippen molar-refractivity contribution >= 4 is 23.2 Å². The van der Waals surface area contributed by atoms with Gasteiger partial charge < -0.3 is 14.0 Å². The van der Waals surface area contributed by atoms with Crippen molar-refractivity contribution in [3.05, 3.63) is 71.1 Å². The van der Waals surface area contributed by atoms with Gasteiger partial charge in [-0.15, -0.1) is 0 Å². The highest BCUT2D eigenvalue weighted by Gasteiger charge is 2.26. The van der Waals surface area contributed by atoms with Crippen LogP contribution in [0, 0.1) is 0 Å². The molecule has 24 heavy (non-hydrogen) atoms. The molecule has 1 aliphatic rings. The maximum Gasteiger partial charge on any atom is 0.255 e. The molecule has 2 aromatic heterocycles. The minimum Gasteiger partial charge on any atom is -0.370 e. The maximum atomic E-state index is 12.8. The fourth-order valence-electron chi connectivity index (χ4n) is 2.94. The van der Waals surface area contributed by atoms with E-state index >= 15 is 0 Å². The molecule has 122 valence electrons. The Morgan fingerprint density at radius 3 is 2.88 bits per heavy atom. The SMILES string of the molecule is O=C(c1ccc2nccn2c1)N1CCO[C@H](c2ccc(Cl)cc2)C1. The monoisotopic (exact) mass is 341 g/mol. The third kappa shape index (κ3) is 2.88. The summed E-state index contributed by atoms with van der Waals surface area (Å²) in [6.45, 7) is 1.64. The van der Waals surface area contributed by atoms with E-state index in [0.29, 0.717) is 30.3 Å². The minimum atomic E-state index is -0.128. The van der Waals surface area contributed by atoms with Crippen LogP contribution >= 0.6 is 11.6 Å². The molecule has 3 aromatic rings. The van der Waals surface area contributed by atoms with Gasteiger partial charge in [0.05, 0.1) is 18.7 Å². The number of aromatic nitrogens is 2. The van der Waals surface area contributed by atoms with Gasteiger partial charge in [0.2, 0.25) is 0 Å². The zero-order valence-electron chi connectivity index (χ0n) is 12.9. The second kappa shape index (κ2) is 6.26. The van der Waals surface area contributed by atoms with Crippen LogP contribution in [-0.4, -0.2) is 39.9 Å². The first kappa shape index (κ1) is 15.2. The molecule has 6 heteroatoms. The number of fused-ring (bicyclic) bond motifs is 1. The molecule has 0 radical (unpaired) electrons.